The first kappa shape index (κ1) is 27.4. The molecule has 204 valence electrons. The van der Waals surface area contributed by atoms with Gasteiger partial charge in [-0.2, -0.15) is 0 Å². The molecule has 0 radical (unpaired) electrons. The second-order valence-corrected chi connectivity index (χ2v) is 11.1. The predicted molar refractivity (Wildman–Crippen MR) is 154 cm³/mol. The normalized spacial score (nSPS) is 25.3. The number of carbonyl (C=O) groups is 2. The maximum absolute atomic E-state index is 13.8. The highest BCUT2D eigenvalue weighted by molar-refractivity contribution is 6.43. The fraction of sp³-hybridized carbons (Fsp3) is 0.438. The van der Waals surface area contributed by atoms with E-state index >= 15 is 0 Å². The number of phenolic OH excluding ortho intramolecular Hbond substituents is 1. The summed E-state index contributed by atoms with van der Waals surface area (Å²) in [4.78, 5) is 28.8. The van der Waals surface area contributed by atoms with Crippen LogP contribution in [0.5, 0.6) is 5.75 Å². The Hall–Kier alpha value is -3.16. The molecule has 3 aliphatic rings. The van der Waals surface area contributed by atoms with Gasteiger partial charge in [0.15, 0.2) is 0 Å². The number of benzene rings is 2. The van der Waals surface area contributed by atoms with Crippen LogP contribution >= 0.6 is 0 Å². The summed E-state index contributed by atoms with van der Waals surface area (Å²) in [5.41, 5.74) is 5.34. The van der Waals surface area contributed by atoms with Crippen LogP contribution in [0.3, 0.4) is 0 Å². The van der Waals surface area contributed by atoms with Crippen LogP contribution in [0, 0.1) is 17.8 Å². The van der Waals surface area contributed by atoms with E-state index in [1.165, 1.54) is 16.0 Å². The standard InChI is InChI=1S/C32H38BNO5/c1-3-8-21(18-22-12-15-25(35)16-13-22)14-17-28-29-23(9-4-2)19-26-30(27(29)20-33(38)39-28)32(37)34(31(26)36)24-10-6-5-7-11-24/h5-7,10-13,15-16,18,26-28,30,35,38H,3-4,8-9,14,17,19-20H2,1-2H3/b21-18+/t26-,27+,28-,30-/m1/s1. The lowest BCUT2D eigenvalue weighted by molar-refractivity contribution is -0.122. The molecule has 0 aromatic heterocycles. The van der Waals surface area contributed by atoms with Crippen molar-refractivity contribution in [1.29, 1.82) is 0 Å². The summed E-state index contributed by atoms with van der Waals surface area (Å²) < 4.78 is 6.18. The third kappa shape index (κ3) is 5.61. The van der Waals surface area contributed by atoms with E-state index in [0.29, 0.717) is 24.8 Å². The molecule has 2 fully saturated rings. The summed E-state index contributed by atoms with van der Waals surface area (Å²) in [6, 6.07) is 16.4. The number of para-hydroxylation sites is 1. The fourth-order valence-corrected chi connectivity index (χ4v) is 6.85. The van der Waals surface area contributed by atoms with Crippen LogP contribution in [0.4, 0.5) is 5.69 Å². The SMILES string of the molecule is CCCC1=C2[C@@H](CC/C(=C/c3ccc(O)cc3)CCC)OB(O)C[C@@H]2[C@@H]2C(=O)N(c3ccccc3)C(=O)[C@@H]2C1. The highest BCUT2D eigenvalue weighted by Crippen LogP contribution is 2.52. The van der Waals surface area contributed by atoms with Gasteiger partial charge in [0.2, 0.25) is 11.8 Å². The van der Waals surface area contributed by atoms with E-state index in [9.17, 15) is 19.7 Å². The van der Waals surface area contributed by atoms with Gasteiger partial charge in [-0.3, -0.25) is 14.5 Å². The van der Waals surface area contributed by atoms with Gasteiger partial charge in [0.25, 0.3) is 0 Å². The third-order valence-electron chi connectivity index (χ3n) is 8.44. The lowest BCUT2D eigenvalue weighted by Crippen LogP contribution is -2.46. The molecular weight excluding hydrogens is 489 g/mol. The molecule has 2 N–H and O–H groups in total. The Bertz CT molecular complexity index is 1260. The van der Waals surface area contributed by atoms with Crippen LogP contribution in [0.2, 0.25) is 6.32 Å². The van der Waals surface area contributed by atoms with Crippen molar-refractivity contribution < 1.29 is 24.4 Å². The number of carbonyl (C=O) groups excluding carboxylic acids is 2. The van der Waals surface area contributed by atoms with Crippen LogP contribution in [-0.2, 0) is 14.2 Å². The second kappa shape index (κ2) is 11.9. The average molecular weight is 527 g/mol. The zero-order chi connectivity index (χ0) is 27.5. The number of aromatic hydroxyl groups is 1. The Balaban J connectivity index is 1.43. The number of anilines is 1. The van der Waals surface area contributed by atoms with Crippen LogP contribution < -0.4 is 4.90 Å². The van der Waals surface area contributed by atoms with E-state index < -0.39 is 13.0 Å². The van der Waals surface area contributed by atoms with E-state index in [4.69, 9.17) is 4.65 Å². The number of rotatable bonds is 9. The molecule has 0 saturated carbocycles. The molecule has 0 spiro atoms. The fourth-order valence-electron chi connectivity index (χ4n) is 6.85. The van der Waals surface area contributed by atoms with Gasteiger partial charge in [-0.15, -0.1) is 0 Å². The number of imide groups is 1. The molecule has 7 heteroatoms. The topological polar surface area (TPSA) is 87.1 Å². The van der Waals surface area contributed by atoms with Crippen molar-refractivity contribution in [1.82, 2.24) is 0 Å². The summed E-state index contributed by atoms with van der Waals surface area (Å²) in [6.07, 6.45) is 8.11. The lowest BCUT2D eigenvalue weighted by Gasteiger charge is -2.43. The summed E-state index contributed by atoms with van der Waals surface area (Å²) in [6.45, 7) is 4.30. The Morgan fingerprint density at radius 1 is 1.00 bits per heavy atom. The number of phenols is 1. The maximum Gasteiger partial charge on any atom is 0.455 e. The highest BCUT2D eigenvalue weighted by Gasteiger charge is 2.57. The van der Waals surface area contributed by atoms with Crippen molar-refractivity contribution in [3.63, 3.8) is 0 Å². The summed E-state index contributed by atoms with van der Waals surface area (Å²) >= 11 is 0. The van der Waals surface area contributed by atoms with Crippen LogP contribution in [-0.4, -0.2) is 35.2 Å². The molecule has 0 unspecified atom stereocenters. The number of hydrogen-bond acceptors (Lipinski definition) is 5. The van der Waals surface area contributed by atoms with Gasteiger partial charge in [-0.05, 0) is 79.7 Å². The van der Waals surface area contributed by atoms with Crippen LogP contribution in [0.1, 0.15) is 64.4 Å². The van der Waals surface area contributed by atoms with E-state index in [-0.39, 0.29) is 35.5 Å². The number of amides is 2. The van der Waals surface area contributed by atoms with Crippen LogP contribution in [0.15, 0.2) is 71.3 Å². The quantitative estimate of drug-likeness (QED) is 0.232. The summed E-state index contributed by atoms with van der Waals surface area (Å²) in [7, 11) is -0.963. The first-order chi connectivity index (χ1) is 18.9. The van der Waals surface area contributed by atoms with Gasteiger partial charge >= 0.3 is 7.12 Å². The van der Waals surface area contributed by atoms with E-state index in [2.05, 4.69) is 19.9 Å². The molecule has 2 aromatic carbocycles. The molecule has 4 atom stereocenters. The van der Waals surface area contributed by atoms with Crippen molar-refractivity contribution in [2.45, 2.75) is 71.2 Å². The average Bonchev–Trinajstić information content (AvgIpc) is 3.18. The zero-order valence-electron chi connectivity index (χ0n) is 22.9. The summed E-state index contributed by atoms with van der Waals surface area (Å²) in [5.74, 6) is -1.07. The maximum atomic E-state index is 13.8. The number of nitrogens with zero attached hydrogens (tertiary/aromatic N) is 1. The molecule has 39 heavy (non-hydrogen) atoms. The minimum absolute atomic E-state index is 0.122. The van der Waals surface area contributed by atoms with Gasteiger partial charge in [0.05, 0.1) is 23.6 Å². The van der Waals surface area contributed by atoms with Gasteiger partial charge in [0, 0.05) is 0 Å². The van der Waals surface area contributed by atoms with Crippen molar-refractivity contribution in [2.75, 3.05) is 4.90 Å². The van der Waals surface area contributed by atoms with Crippen molar-refractivity contribution >= 4 is 30.7 Å². The smallest absolute Gasteiger partial charge is 0.455 e. The molecule has 2 heterocycles. The van der Waals surface area contributed by atoms with Gasteiger partial charge in [0.1, 0.15) is 5.75 Å². The predicted octanol–water partition coefficient (Wildman–Crippen LogP) is 6.16. The zero-order valence-corrected chi connectivity index (χ0v) is 22.9. The molecule has 5 rings (SSSR count). The molecule has 2 saturated heterocycles. The second-order valence-electron chi connectivity index (χ2n) is 11.1. The van der Waals surface area contributed by atoms with E-state index in [1.54, 1.807) is 12.1 Å². The number of fused-ring (bicyclic) bond motifs is 3. The Labute approximate surface area is 231 Å². The Morgan fingerprint density at radius 2 is 1.74 bits per heavy atom. The van der Waals surface area contributed by atoms with E-state index in [1.807, 2.05) is 42.5 Å². The van der Waals surface area contributed by atoms with E-state index in [0.717, 1.165) is 43.2 Å². The van der Waals surface area contributed by atoms with Crippen molar-refractivity contribution in [3.05, 3.63) is 76.9 Å². The lowest BCUT2D eigenvalue weighted by atomic mass is 9.58. The summed E-state index contributed by atoms with van der Waals surface area (Å²) in [5, 5.41) is 20.5. The molecule has 2 aliphatic heterocycles. The monoisotopic (exact) mass is 527 g/mol. The first-order valence-electron chi connectivity index (χ1n) is 14.4. The van der Waals surface area contributed by atoms with Gasteiger partial charge < -0.3 is 14.8 Å². The van der Waals surface area contributed by atoms with Crippen molar-refractivity contribution in [3.8, 4) is 5.75 Å². The minimum Gasteiger partial charge on any atom is -0.508 e. The van der Waals surface area contributed by atoms with Gasteiger partial charge in [-0.1, -0.05) is 74.2 Å². The minimum atomic E-state index is -0.963. The molecule has 6 nitrogen and oxygen atoms in total. The Morgan fingerprint density at radius 3 is 2.44 bits per heavy atom. The molecule has 0 bridgehead atoms. The molecule has 2 aromatic rings. The first-order valence-corrected chi connectivity index (χ1v) is 14.4. The van der Waals surface area contributed by atoms with Crippen molar-refractivity contribution in [2.24, 2.45) is 17.8 Å². The molecule has 1 aliphatic carbocycles. The Kier molecular flexibility index (Phi) is 8.38. The molecular formula is C32H38BNO5. The number of allylic oxidation sites excluding steroid dienone is 2. The third-order valence-corrected chi connectivity index (χ3v) is 8.44. The highest BCUT2D eigenvalue weighted by atomic mass is 16.5. The number of hydrogen-bond donors (Lipinski definition) is 2. The van der Waals surface area contributed by atoms with Gasteiger partial charge in [-0.25, -0.2) is 0 Å². The largest absolute Gasteiger partial charge is 0.508 e. The molecule has 2 amide bonds. The van der Waals surface area contributed by atoms with Crippen LogP contribution in [0.25, 0.3) is 6.08 Å².